The highest BCUT2D eigenvalue weighted by atomic mass is 32.1. The molecule has 2 amide bonds. The van der Waals surface area contributed by atoms with Gasteiger partial charge in [0, 0.05) is 60.8 Å². The number of pyridine rings is 2. The van der Waals surface area contributed by atoms with Gasteiger partial charge in [-0.1, -0.05) is 19.8 Å². The molecule has 3 atom stereocenters. The molecule has 0 saturated heterocycles. The zero-order chi connectivity index (χ0) is 30.6. The molecule has 11 nitrogen and oxygen atoms in total. The van der Waals surface area contributed by atoms with E-state index in [0.29, 0.717) is 54.8 Å². The molecule has 4 heterocycles. The van der Waals surface area contributed by atoms with E-state index in [1.54, 1.807) is 12.4 Å². The fraction of sp³-hybridized carbons (Fsp3) is 0.500. The van der Waals surface area contributed by atoms with Crippen LogP contribution in [0.15, 0.2) is 35.0 Å². The molecule has 44 heavy (non-hydrogen) atoms. The Morgan fingerprint density at radius 1 is 1.14 bits per heavy atom. The first-order valence-corrected chi connectivity index (χ1v) is 16.3. The number of hydrazone groups is 1. The number of thiazole rings is 1. The van der Waals surface area contributed by atoms with Gasteiger partial charge in [0.15, 0.2) is 0 Å². The molecule has 3 aromatic rings. The monoisotopic (exact) mass is 617 g/mol. The third kappa shape index (κ3) is 7.53. The summed E-state index contributed by atoms with van der Waals surface area (Å²) in [6, 6.07) is 3.43. The second-order valence-electron chi connectivity index (χ2n) is 12.0. The number of amides is 2. The summed E-state index contributed by atoms with van der Waals surface area (Å²) in [5.74, 6) is 2.49. The van der Waals surface area contributed by atoms with Gasteiger partial charge < -0.3 is 14.8 Å². The number of likely N-dealkylation sites (N-methyl/N-ethyl adjacent to an activating group) is 1. The molecule has 1 aliphatic heterocycles. The average Bonchev–Trinajstić information content (AvgIpc) is 3.85. The van der Waals surface area contributed by atoms with E-state index < -0.39 is 0 Å². The van der Waals surface area contributed by atoms with Crippen LogP contribution in [0.4, 0.5) is 10.6 Å². The Balaban J connectivity index is 1.34. The highest BCUT2D eigenvalue weighted by Crippen LogP contribution is 2.41. The van der Waals surface area contributed by atoms with Gasteiger partial charge in [-0.05, 0) is 55.2 Å². The topological polar surface area (TPSA) is 131 Å². The molecule has 0 aromatic carbocycles. The van der Waals surface area contributed by atoms with Crippen molar-refractivity contribution in [2.45, 2.75) is 51.9 Å². The number of aromatic nitrogens is 3. The maximum atomic E-state index is 12.7. The molecule has 0 radical (unpaired) electrons. The molecule has 0 spiro atoms. The van der Waals surface area contributed by atoms with Crippen LogP contribution in [0.25, 0.3) is 21.7 Å². The van der Waals surface area contributed by atoms with Crippen molar-refractivity contribution in [1.82, 2.24) is 25.3 Å². The summed E-state index contributed by atoms with van der Waals surface area (Å²) in [4.78, 5) is 39.3. The first-order valence-electron chi connectivity index (χ1n) is 15.4. The molecule has 2 aliphatic carbocycles. The molecular weight excluding hydrogens is 578 g/mol. The lowest BCUT2D eigenvalue weighted by Gasteiger charge is -2.16. The lowest BCUT2D eigenvalue weighted by Crippen LogP contribution is -2.28. The maximum absolute atomic E-state index is 12.7. The van der Waals surface area contributed by atoms with Gasteiger partial charge in [0.1, 0.15) is 10.8 Å². The van der Waals surface area contributed by atoms with Crippen molar-refractivity contribution in [2.24, 2.45) is 22.9 Å². The van der Waals surface area contributed by atoms with Crippen LogP contribution in [-0.2, 0) is 16.0 Å². The first kappa shape index (κ1) is 30.0. The fourth-order valence-corrected chi connectivity index (χ4v) is 6.15. The zero-order valence-electron chi connectivity index (χ0n) is 25.4. The van der Waals surface area contributed by atoms with E-state index in [1.807, 2.05) is 42.7 Å². The minimum absolute atomic E-state index is 0.0965. The van der Waals surface area contributed by atoms with Crippen molar-refractivity contribution in [3.05, 3.63) is 41.2 Å². The Labute approximate surface area is 261 Å². The standard InChI is InChI=1S/C32H39N7O4S/c1-4-33-32(41)38-28-12-25(31-37-27(18-44-31)23-14-36-39(3)16-23)26(15-34-28)24-10-21(11-29(40)43-17-22-9-19(22)2)13-35-30(24)42-8-7-20-5-6-20/h10,12-15,18-20,22-23H,4-9,11,16-17H2,1-3H3,(H2,33,34,38,41). The smallest absolute Gasteiger partial charge is 0.320 e. The second-order valence-corrected chi connectivity index (χ2v) is 12.9. The van der Waals surface area contributed by atoms with Gasteiger partial charge in [-0.2, -0.15) is 5.10 Å². The third-order valence-electron chi connectivity index (χ3n) is 8.26. The molecule has 3 aliphatic rings. The van der Waals surface area contributed by atoms with Crippen molar-refractivity contribution in [3.63, 3.8) is 0 Å². The Hall–Kier alpha value is -4.06. The van der Waals surface area contributed by atoms with Crippen LogP contribution in [-0.4, -0.2) is 71.5 Å². The maximum Gasteiger partial charge on any atom is 0.320 e. The second kappa shape index (κ2) is 13.3. The van der Waals surface area contributed by atoms with Crippen LogP contribution in [0.1, 0.15) is 56.7 Å². The Morgan fingerprint density at radius 3 is 2.70 bits per heavy atom. The van der Waals surface area contributed by atoms with Crippen LogP contribution in [0.2, 0.25) is 0 Å². The number of anilines is 1. The van der Waals surface area contributed by atoms with Crippen molar-refractivity contribution in [2.75, 3.05) is 38.7 Å². The number of hydrogen-bond acceptors (Lipinski definition) is 10. The number of urea groups is 1. The highest BCUT2D eigenvalue weighted by Gasteiger charge is 2.33. The molecule has 2 fully saturated rings. The Morgan fingerprint density at radius 2 is 1.98 bits per heavy atom. The summed E-state index contributed by atoms with van der Waals surface area (Å²) in [6.45, 7) is 6.30. The molecule has 2 N–H and O–H groups in total. The van der Waals surface area contributed by atoms with Gasteiger partial charge in [-0.15, -0.1) is 11.3 Å². The number of carbonyl (C=O) groups excluding carboxylic acids is 2. The molecule has 6 rings (SSSR count). The first-order chi connectivity index (χ1) is 21.4. The SMILES string of the molecule is CCNC(=O)Nc1cc(-c2nc(C3C=NN(C)C3)cs2)c(-c2cc(CC(=O)OCC3CC3C)cnc2OCCC2CC2)cn1. The minimum atomic E-state index is -0.337. The fourth-order valence-electron chi connectivity index (χ4n) is 5.24. The summed E-state index contributed by atoms with van der Waals surface area (Å²) < 4.78 is 11.8. The van der Waals surface area contributed by atoms with E-state index in [4.69, 9.17) is 14.5 Å². The normalized spacial score (nSPS) is 20.4. The number of nitrogens with zero attached hydrogens (tertiary/aromatic N) is 5. The van der Waals surface area contributed by atoms with E-state index in [0.717, 1.165) is 46.8 Å². The van der Waals surface area contributed by atoms with E-state index >= 15 is 0 Å². The van der Waals surface area contributed by atoms with E-state index in [1.165, 1.54) is 24.2 Å². The molecule has 12 heteroatoms. The third-order valence-corrected chi connectivity index (χ3v) is 9.16. The highest BCUT2D eigenvalue weighted by molar-refractivity contribution is 7.13. The molecular formula is C32H39N7O4S. The van der Waals surface area contributed by atoms with Gasteiger partial charge in [0.2, 0.25) is 5.88 Å². The van der Waals surface area contributed by atoms with E-state index in [2.05, 4.69) is 32.6 Å². The van der Waals surface area contributed by atoms with Crippen molar-refractivity contribution in [3.8, 4) is 27.6 Å². The average molecular weight is 618 g/mol. The van der Waals surface area contributed by atoms with Crippen LogP contribution in [0, 0.1) is 17.8 Å². The van der Waals surface area contributed by atoms with Gasteiger partial charge in [-0.3, -0.25) is 15.1 Å². The number of carbonyl (C=O) groups is 2. The molecule has 2 saturated carbocycles. The van der Waals surface area contributed by atoms with E-state index in [9.17, 15) is 9.59 Å². The Bertz CT molecular complexity index is 1540. The lowest BCUT2D eigenvalue weighted by atomic mass is 10.0. The predicted octanol–water partition coefficient (Wildman–Crippen LogP) is 5.34. The number of nitrogens with one attached hydrogen (secondary N) is 2. The summed E-state index contributed by atoms with van der Waals surface area (Å²) in [6.07, 6.45) is 9.99. The number of esters is 1. The van der Waals surface area contributed by atoms with Gasteiger partial charge >= 0.3 is 12.0 Å². The molecule has 3 unspecified atom stereocenters. The number of rotatable bonds is 13. The van der Waals surface area contributed by atoms with Crippen molar-refractivity contribution < 1.29 is 19.1 Å². The summed E-state index contributed by atoms with van der Waals surface area (Å²) in [5, 5.41) is 14.6. The van der Waals surface area contributed by atoms with Gasteiger partial charge in [0.05, 0.1) is 31.2 Å². The summed E-state index contributed by atoms with van der Waals surface area (Å²) in [5.41, 5.74) is 3.90. The van der Waals surface area contributed by atoms with E-state index in [-0.39, 0.29) is 24.3 Å². The van der Waals surface area contributed by atoms with Gasteiger partial charge in [-0.25, -0.2) is 19.7 Å². The minimum Gasteiger partial charge on any atom is -0.477 e. The van der Waals surface area contributed by atoms with Crippen LogP contribution in [0.3, 0.4) is 0 Å². The van der Waals surface area contributed by atoms with Gasteiger partial charge in [0.25, 0.3) is 0 Å². The van der Waals surface area contributed by atoms with Crippen molar-refractivity contribution in [1.29, 1.82) is 0 Å². The van der Waals surface area contributed by atoms with Crippen molar-refractivity contribution >= 4 is 35.4 Å². The summed E-state index contributed by atoms with van der Waals surface area (Å²) >= 11 is 1.52. The predicted molar refractivity (Wildman–Crippen MR) is 170 cm³/mol. The Kier molecular flexibility index (Phi) is 9.06. The van der Waals surface area contributed by atoms with Crippen LogP contribution >= 0.6 is 11.3 Å². The molecule has 0 bridgehead atoms. The zero-order valence-corrected chi connectivity index (χ0v) is 26.2. The molecule has 232 valence electrons. The van der Waals surface area contributed by atoms with Crippen LogP contribution in [0.5, 0.6) is 5.88 Å². The lowest BCUT2D eigenvalue weighted by molar-refractivity contribution is -0.143. The van der Waals surface area contributed by atoms with Crippen LogP contribution < -0.4 is 15.4 Å². The largest absolute Gasteiger partial charge is 0.477 e. The summed E-state index contributed by atoms with van der Waals surface area (Å²) in [7, 11) is 1.94. The number of hydrogen-bond donors (Lipinski definition) is 2. The quantitative estimate of drug-likeness (QED) is 0.246. The molecule has 3 aromatic heterocycles. The number of ether oxygens (including phenoxy) is 2.